The summed E-state index contributed by atoms with van der Waals surface area (Å²) in [5.41, 5.74) is 2.06. The lowest BCUT2D eigenvalue weighted by atomic mass is 10.2. The molecule has 1 heterocycles. The van der Waals surface area contributed by atoms with Gasteiger partial charge in [0.15, 0.2) is 0 Å². The summed E-state index contributed by atoms with van der Waals surface area (Å²) >= 11 is 3.37. The van der Waals surface area contributed by atoms with Gasteiger partial charge in [-0.05, 0) is 41.4 Å². The van der Waals surface area contributed by atoms with Crippen LogP contribution in [0.3, 0.4) is 0 Å². The molecule has 1 aromatic heterocycles. The Hall–Kier alpha value is -1.97. The molecule has 0 spiro atoms. The largest absolute Gasteiger partial charge is 0.337 e. The number of nitrogens with zero attached hydrogens (tertiary/aromatic N) is 1. The molecule has 22 heavy (non-hydrogen) atoms. The molecule has 114 valence electrons. The topological polar surface area (TPSA) is 64.9 Å². The molecule has 0 radical (unpaired) electrons. The molecule has 1 atom stereocenters. The Morgan fingerprint density at radius 1 is 1.41 bits per heavy atom. The van der Waals surface area contributed by atoms with E-state index < -0.39 is 0 Å². The van der Waals surface area contributed by atoms with Gasteiger partial charge in [0.25, 0.3) is 0 Å². The number of anilines is 1. The maximum Gasteiger partial charge on any atom is 0.319 e. The van der Waals surface area contributed by atoms with Crippen LogP contribution in [0.5, 0.6) is 0 Å². The molecule has 0 saturated heterocycles. The Morgan fingerprint density at radius 3 is 2.95 bits per heavy atom. The van der Waals surface area contributed by atoms with Crippen LogP contribution in [0.15, 0.2) is 46.0 Å². The average Bonchev–Trinajstić information content (AvgIpc) is 3.05. The van der Waals surface area contributed by atoms with Crippen molar-refractivity contribution in [2.24, 2.45) is 5.92 Å². The van der Waals surface area contributed by atoms with Crippen LogP contribution >= 0.6 is 23.1 Å². The van der Waals surface area contributed by atoms with Crippen LogP contribution in [0.1, 0.15) is 12.5 Å². The first-order valence-corrected chi connectivity index (χ1v) is 8.79. The minimum atomic E-state index is -0.286. The summed E-state index contributed by atoms with van der Waals surface area (Å²) < 4.78 is 0. The first-order valence-electron chi connectivity index (χ1n) is 6.86. The number of carbonyl (C=O) groups is 1. The first kappa shape index (κ1) is 16.4. The normalized spacial score (nSPS) is 11.5. The minimum absolute atomic E-state index is 0.200. The standard InChI is InChI=1S/C16H17N3OS2/c1-12(8-17)9-18-16(20)19-14-4-2-3-5-15(14)22-11-13-6-7-21-10-13/h2-7,10,12H,9,11H2,1H3,(H2,18,19,20). The number of thioether (sulfide) groups is 1. The highest BCUT2D eigenvalue weighted by atomic mass is 32.2. The maximum absolute atomic E-state index is 11.9. The van der Waals surface area contributed by atoms with E-state index in [1.807, 2.05) is 24.3 Å². The molecule has 2 amide bonds. The van der Waals surface area contributed by atoms with Gasteiger partial charge in [0.2, 0.25) is 0 Å². The van der Waals surface area contributed by atoms with Crippen LogP contribution in [0, 0.1) is 17.2 Å². The number of nitrogens with one attached hydrogen (secondary N) is 2. The van der Waals surface area contributed by atoms with Crippen molar-refractivity contribution in [3.63, 3.8) is 0 Å². The van der Waals surface area contributed by atoms with Crippen LogP contribution in [0.4, 0.5) is 10.5 Å². The zero-order valence-corrected chi connectivity index (χ0v) is 13.8. The van der Waals surface area contributed by atoms with Crippen LogP contribution in [0.25, 0.3) is 0 Å². The predicted molar refractivity (Wildman–Crippen MR) is 92.1 cm³/mol. The van der Waals surface area contributed by atoms with Crippen molar-refractivity contribution in [1.29, 1.82) is 5.26 Å². The molecule has 4 nitrogen and oxygen atoms in total. The highest BCUT2D eigenvalue weighted by molar-refractivity contribution is 7.98. The van der Waals surface area contributed by atoms with Crippen LogP contribution in [0.2, 0.25) is 0 Å². The van der Waals surface area contributed by atoms with E-state index in [1.54, 1.807) is 30.0 Å². The number of rotatable bonds is 6. The third kappa shape index (κ3) is 5.10. The Labute approximate surface area is 138 Å². The lowest BCUT2D eigenvalue weighted by Gasteiger charge is -2.12. The zero-order valence-electron chi connectivity index (χ0n) is 12.2. The highest BCUT2D eigenvalue weighted by Gasteiger charge is 2.08. The number of para-hydroxylation sites is 1. The van der Waals surface area contributed by atoms with E-state index in [-0.39, 0.29) is 11.9 Å². The molecule has 1 aromatic carbocycles. The predicted octanol–water partition coefficient (Wildman–Crippen LogP) is 4.32. The van der Waals surface area contributed by atoms with Crippen molar-refractivity contribution in [3.8, 4) is 6.07 Å². The van der Waals surface area contributed by atoms with Gasteiger partial charge >= 0.3 is 6.03 Å². The fourth-order valence-corrected chi connectivity index (χ4v) is 3.41. The molecule has 0 fully saturated rings. The molecule has 0 saturated carbocycles. The summed E-state index contributed by atoms with van der Waals surface area (Å²) in [7, 11) is 0. The van der Waals surface area contributed by atoms with Crippen LogP contribution in [-0.2, 0) is 5.75 Å². The summed E-state index contributed by atoms with van der Waals surface area (Å²) in [6.45, 7) is 2.11. The monoisotopic (exact) mass is 331 g/mol. The van der Waals surface area contributed by atoms with E-state index in [0.29, 0.717) is 6.54 Å². The van der Waals surface area contributed by atoms with Gasteiger partial charge in [-0.1, -0.05) is 12.1 Å². The van der Waals surface area contributed by atoms with Crippen LogP contribution < -0.4 is 10.6 Å². The number of nitriles is 1. The molecule has 0 aliphatic carbocycles. The first-order chi connectivity index (χ1) is 10.7. The molecule has 0 aliphatic heterocycles. The molecular formula is C16H17N3OS2. The molecule has 1 unspecified atom stereocenters. The molecule has 0 bridgehead atoms. The summed E-state index contributed by atoms with van der Waals surface area (Å²) in [5, 5.41) is 18.4. The number of benzene rings is 1. The SMILES string of the molecule is CC(C#N)CNC(=O)Nc1ccccc1SCc1ccsc1. The van der Waals surface area contributed by atoms with E-state index in [0.717, 1.165) is 16.3 Å². The molecule has 6 heteroatoms. The summed E-state index contributed by atoms with van der Waals surface area (Å²) in [6, 6.07) is 11.6. The van der Waals surface area contributed by atoms with Gasteiger partial charge in [-0.2, -0.15) is 16.6 Å². The number of amides is 2. The van der Waals surface area contributed by atoms with Crippen molar-refractivity contribution in [1.82, 2.24) is 5.32 Å². The van der Waals surface area contributed by atoms with E-state index in [9.17, 15) is 4.79 Å². The summed E-state index contributed by atoms with van der Waals surface area (Å²) in [5.74, 6) is 0.670. The number of urea groups is 1. The molecular weight excluding hydrogens is 314 g/mol. The maximum atomic E-state index is 11.9. The summed E-state index contributed by atoms with van der Waals surface area (Å²) in [4.78, 5) is 12.9. The van der Waals surface area contributed by atoms with Gasteiger partial charge in [-0.3, -0.25) is 0 Å². The highest BCUT2D eigenvalue weighted by Crippen LogP contribution is 2.30. The molecule has 0 aliphatic rings. The second-order valence-electron chi connectivity index (χ2n) is 4.78. The van der Waals surface area contributed by atoms with Crippen molar-refractivity contribution in [2.45, 2.75) is 17.6 Å². The number of thiophene rings is 1. The van der Waals surface area contributed by atoms with Crippen molar-refractivity contribution in [3.05, 3.63) is 46.7 Å². The average molecular weight is 331 g/mol. The van der Waals surface area contributed by atoms with Crippen LogP contribution in [-0.4, -0.2) is 12.6 Å². The van der Waals surface area contributed by atoms with E-state index in [4.69, 9.17) is 5.26 Å². The van der Waals surface area contributed by atoms with Crippen molar-refractivity contribution < 1.29 is 4.79 Å². The molecule has 2 aromatic rings. The van der Waals surface area contributed by atoms with E-state index in [1.165, 1.54) is 5.56 Å². The molecule has 2 rings (SSSR count). The van der Waals surface area contributed by atoms with E-state index >= 15 is 0 Å². The van der Waals surface area contributed by atoms with Crippen molar-refractivity contribution in [2.75, 3.05) is 11.9 Å². The number of hydrogen-bond acceptors (Lipinski definition) is 4. The second kappa shape index (κ2) is 8.47. The second-order valence-corrected chi connectivity index (χ2v) is 6.58. The summed E-state index contributed by atoms with van der Waals surface area (Å²) in [6.07, 6.45) is 0. The van der Waals surface area contributed by atoms with Gasteiger partial charge in [0.1, 0.15) is 0 Å². The Kier molecular flexibility index (Phi) is 6.31. The Morgan fingerprint density at radius 2 is 2.23 bits per heavy atom. The third-order valence-electron chi connectivity index (χ3n) is 2.90. The van der Waals surface area contributed by atoms with Crippen molar-refractivity contribution >= 4 is 34.8 Å². The fraction of sp³-hybridized carbons (Fsp3) is 0.250. The van der Waals surface area contributed by atoms with Gasteiger partial charge in [0, 0.05) is 17.2 Å². The Balaban J connectivity index is 1.93. The molecule has 2 N–H and O–H groups in total. The van der Waals surface area contributed by atoms with Gasteiger partial charge in [-0.25, -0.2) is 4.79 Å². The minimum Gasteiger partial charge on any atom is -0.337 e. The van der Waals surface area contributed by atoms with Gasteiger partial charge in [0.05, 0.1) is 17.7 Å². The Bertz CT molecular complexity index is 650. The van der Waals surface area contributed by atoms with E-state index in [2.05, 4.69) is 33.5 Å². The quantitative estimate of drug-likeness (QED) is 0.775. The lowest BCUT2D eigenvalue weighted by molar-refractivity contribution is 0.251. The zero-order chi connectivity index (χ0) is 15.8. The fourth-order valence-electron chi connectivity index (χ4n) is 1.69. The van der Waals surface area contributed by atoms with Gasteiger partial charge < -0.3 is 10.6 Å². The van der Waals surface area contributed by atoms with Gasteiger partial charge in [-0.15, -0.1) is 11.8 Å². The lowest BCUT2D eigenvalue weighted by Crippen LogP contribution is -2.32. The third-order valence-corrected chi connectivity index (χ3v) is 4.78. The number of hydrogen-bond donors (Lipinski definition) is 2. The smallest absolute Gasteiger partial charge is 0.319 e. The number of carbonyl (C=O) groups excluding carboxylic acids is 1.